The van der Waals surface area contributed by atoms with Gasteiger partial charge in [0.1, 0.15) is 17.4 Å². The molecule has 0 aliphatic carbocycles. The highest BCUT2D eigenvalue weighted by molar-refractivity contribution is 5.94. The van der Waals surface area contributed by atoms with Gasteiger partial charge in [-0.1, -0.05) is 26.8 Å². The second kappa shape index (κ2) is 9.07. The van der Waals surface area contributed by atoms with E-state index in [0.717, 1.165) is 29.8 Å². The fourth-order valence-corrected chi connectivity index (χ4v) is 3.51. The monoisotopic (exact) mass is 397 g/mol. The van der Waals surface area contributed by atoms with Crippen LogP contribution >= 0.6 is 0 Å². The van der Waals surface area contributed by atoms with Crippen molar-refractivity contribution in [1.82, 2.24) is 14.5 Å². The Bertz CT molecular complexity index is 997. The summed E-state index contributed by atoms with van der Waals surface area (Å²) in [6, 6.07) is 11.8. The van der Waals surface area contributed by atoms with Crippen LogP contribution in [-0.2, 0) is 13.1 Å². The van der Waals surface area contributed by atoms with E-state index >= 15 is 0 Å². The number of fused-ring (bicyclic) bond motifs is 1. The van der Waals surface area contributed by atoms with Gasteiger partial charge in [-0.05, 0) is 48.7 Å². The Balaban J connectivity index is 1.98. The predicted octanol–water partition coefficient (Wildman–Crippen LogP) is 4.89. The summed E-state index contributed by atoms with van der Waals surface area (Å²) >= 11 is 0. The van der Waals surface area contributed by atoms with E-state index in [2.05, 4.69) is 20.8 Å². The number of aromatic nitrogens is 2. The molecule has 0 radical (unpaired) electrons. The number of rotatable bonds is 8. The van der Waals surface area contributed by atoms with Crippen LogP contribution < -0.4 is 4.74 Å². The second-order valence-electron chi connectivity index (χ2n) is 7.62. The molecule has 5 nitrogen and oxygen atoms in total. The minimum atomic E-state index is -0.284. The van der Waals surface area contributed by atoms with Crippen molar-refractivity contribution < 1.29 is 13.9 Å². The maximum atomic E-state index is 13.8. The van der Waals surface area contributed by atoms with Crippen molar-refractivity contribution in [3.63, 3.8) is 0 Å². The van der Waals surface area contributed by atoms with Gasteiger partial charge in [-0.2, -0.15) is 0 Å². The average molecular weight is 397 g/mol. The third-order valence-corrected chi connectivity index (χ3v) is 4.76. The predicted molar refractivity (Wildman–Crippen MR) is 113 cm³/mol. The maximum Gasteiger partial charge on any atom is 0.254 e. The molecule has 0 saturated heterocycles. The summed E-state index contributed by atoms with van der Waals surface area (Å²) in [5.41, 5.74) is 2.09. The molecule has 0 unspecified atom stereocenters. The van der Waals surface area contributed by atoms with Crippen molar-refractivity contribution >= 4 is 16.9 Å². The Labute approximate surface area is 171 Å². The van der Waals surface area contributed by atoms with Crippen LogP contribution in [-0.4, -0.2) is 34.0 Å². The van der Waals surface area contributed by atoms with Crippen molar-refractivity contribution in [3.05, 3.63) is 59.7 Å². The third-order valence-electron chi connectivity index (χ3n) is 4.76. The van der Waals surface area contributed by atoms with E-state index in [0.29, 0.717) is 30.3 Å². The Morgan fingerprint density at radius 1 is 1.24 bits per heavy atom. The van der Waals surface area contributed by atoms with Crippen LogP contribution in [0.15, 0.2) is 42.5 Å². The molecule has 0 spiro atoms. The van der Waals surface area contributed by atoms with Crippen molar-refractivity contribution in [1.29, 1.82) is 0 Å². The number of halogens is 1. The fourth-order valence-electron chi connectivity index (χ4n) is 3.51. The average Bonchev–Trinajstić information content (AvgIpc) is 3.03. The molecular formula is C23H28FN3O2. The topological polar surface area (TPSA) is 47.4 Å². The van der Waals surface area contributed by atoms with Crippen molar-refractivity contribution in [2.24, 2.45) is 5.92 Å². The number of methoxy groups -OCH3 is 1. The smallest absolute Gasteiger partial charge is 0.254 e. The normalized spacial score (nSPS) is 11.2. The van der Waals surface area contributed by atoms with Gasteiger partial charge in [0.25, 0.3) is 5.91 Å². The van der Waals surface area contributed by atoms with Gasteiger partial charge in [0.15, 0.2) is 0 Å². The Morgan fingerprint density at radius 2 is 2.03 bits per heavy atom. The molecule has 29 heavy (non-hydrogen) atoms. The Morgan fingerprint density at radius 3 is 2.72 bits per heavy atom. The number of imidazole rings is 1. The van der Waals surface area contributed by atoms with Crippen molar-refractivity contribution in [2.45, 2.75) is 40.3 Å². The molecule has 1 amide bonds. The lowest BCUT2D eigenvalue weighted by atomic mass is 10.1. The SMILES string of the molecule is CCCn1c(CN(CC(C)C)C(=O)c2cccc(OC)c2)nc2ccc(F)cc21. The summed E-state index contributed by atoms with van der Waals surface area (Å²) in [6.07, 6.45) is 0.892. The molecule has 0 bridgehead atoms. The first-order valence-corrected chi connectivity index (χ1v) is 10.0. The van der Waals surface area contributed by atoms with E-state index in [-0.39, 0.29) is 11.7 Å². The number of amides is 1. The van der Waals surface area contributed by atoms with Gasteiger partial charge in [-0.15, -0.1) is 0 Å². The zero-order valence-corrected chi connectivity index (χ0v) is 17.5. The maximum absolute atomic E-state index is 13.8. The van der Waals surface area contributed by atoms with Crippen LogP contribution in [0.1, 0.15) is 43.4 Å². The highest BCUT2D eigenvalue weighted by atomic mass is 19.1. The van der Waals surface area contributed by atoms with E-state index in [4.69, 9.17) is 9.72 Å². The van der Waals surface area contributed by atoms with E-state index in [1.54, 1.807) is 25.3 Å². The quantitative estimate of drug-likeness (QED) is 0.544. The second-order valence-corrected chi connectivity index (χ2v) is 7.62. The molecule has 6 heteroatoms. The standard InChI is InChI=1S/C23H28FN3O2/c1-5-11-27-21-13-18(24)9-10-20(21)25-22(27)15-26(14-16(2)3)23(28)17-7-6-8-19(12-17)29-4/h6-10,12-13,16H,5,11,14-15H2,1-4H3. The van der Waals surface area contributed by atoms with Gasteiger partial charge >= 0.3 is 0 Å². The molecule has 3 aromatic rings. The molecular weight excluding hydrogens is 369 g/mol. The number of aryl methyl sites for hydroxylation is 1. The molecule has 1 heterocycles. The van der Waals surface area contributed by atoms with Crippen molar-refractivity contribution in [2.75, 3.05) is 13.7 Å². The molecule has 0 aliphatic heterocycles. The van der Waals surface area contributed by atoms with Crippen LogP contribution in [0.5, 0.6) is 5.75 Å². The molecule has 0 atom stereocenters. The van der Waals surface area contributed by atoms with Crippen LogP contribution in [0.2, 0.25) is 0 Å². The summed E-state index contributed by atoms with van der Waals surface area (Å²) < 4.78 is 21.1. The number of hydrogen-bond donors (Lipinski definition) is 0. The number of carbonyl (C=O) groups is 1. The number of carbonyl (C=O) groups excluding carboxylic acids is 1. The van der Waals surface area contributed by atoms with Gasteiger partial charge in [-0.25, -0.2) is 9.37 Å². The van der Waals surface area contributed by atoms with Gasteiger partial charge in [0.2, 0.25) is 0 Å². The fraction of sp³-hybridized carbons (Fsp3) is 0.391. The van der Waals surface area contributed by atoms with Gasteiger partial charge in [-0.3, -0.25) is 4.79 Å². The lowest BCUT2D eigenvalue weighted by molar-refractivity contribution is 0.0716. The summed E-state index contributed by atoms with van der Waals surface area (Å²) in [5, 5.41) is 0. The zero-order valence-electron chi connectivity index (χ0n) is 17.5. The summed E-state index contributed by atoms with van der Waals surface area (Å²) in [6.45, 7) is 7.91. The number of nitrogens with zero attached hydrogens (tertiary/aromatic N) is 3. The highest BCUT2D eigenvalue weighted by Crippen LogP contribution is 2.21. The Hall–Kier alpha value is -2.89. The molecule has 1 aromatic heterocycles. The number of benzene rings is 2. The molecule has 3 rings (SSSR count). The van der Waals surface area contributed by atoms with E-state index in [1.807, 2.05) is 21.6 Å². The zero-order chi connectivity index (χ0) is 21.0. The molecule has 0 aliphatic rings. The van der Waals surface area contributed by atoms with Crippen LogP contribution in [0.4, 0.5) is 4.39 Å². The lowest BCUT2D eigenvalue weighted by Gasteiger charge is -2.25. The minimum Gasteiger partial charge on any atom is -0.497 e. The van der Waals surface area contributed by atoms with Gasteiger partial charge in [0.05, 0.1) is 24.7 Å². The first kappa shape index (κ1) is 20.8. The van der Waals surface area contributed by atoms with E-state index in [1.165, 1.54) is 12.1 Å². The first-order chi connectivity index (χ1) is 13.9. The first-order valence-electron chi connectivity index (χ1n) is 10.0. The molecule has 2 aromatic carbocycles. The van der Waals surface area contributed by atoms with Crippen LogP contribution in [0.3, 0.4) is 0 Å². The van der Waals surface area contributed by atoms with Crippen LogP contribution in [0.25, 0.3) is 11.0 Å². The molecule has 0 N–H and O–H groups in total. The highest BCUT2D eigenvalue weighted by Gasteiger charge is 2.21. The van der Waals surface area contributed by atoms with Gasteiger partial charge in [0, 0.05) is 18.7 Å². The summed E-state index contributed by atoms with van der Waals surface area (Å²) in [4.78, 5) is 19.8. The Kier molecular flexibility index (Phi) is 6.52. The molecule has 154 valence electrons. The van der Waals surface area contributed by atoms with Crippen LogP contribution in [0, 0.1) is 11.7 Å². The minimum absolute atomic E-state index is 0.0705. The lowest BCUT2D eigenvalue weighted by Crippen LogP contribution is -2.34. The summed E-state index contributed by atoms with van der Waals surface area (Å²) in [7, 11) is 1.59. The van der Waals surface area contributed by atoms with E-state index in [9.17, 15) is 9.18 Å². The largest absolute Gasteiger partial charge is 0.497 e. The number of ether oxygens (including phenoxy) is 1. The van der Waals surface area contributed by atoms with Gasteiger partial charge < -0.3 is 14.2 Å². The van der Waals surface area contributed by atoms with E-state index < -0.39 is 0 Å². The molecule has 0 saturated carbocycles. The third kappa shape index (κ3) is 4.75. The summed E-state index contributed by atoms with van der Waals surface area (Å²) in [5.74, 6) is 1.36. The molecule has 0 fully saturated rings. The van der Waals surface area contributed by atoms with Crippen molar-refractivity contribution in [3.8, 4) is 5.75 Å². The number of hydrogen-bond acceptors (Lipinski definition) is 3.